The molecule has 29 heavy (non-hydrogen) atoms. The van der Waals surface area contributed by atoms with Gasteiger partial charge in [-0.1, -0.05) is 13.0 Å². The van der Waals surface area contributed by atoms with Gasteiger partial charge in [0.1, 0.15) is 5.52 Å². The lowest BCUT2D eigenvalue weighted by atomic mass is 9.85. The molecule has 0 radical (unpaired) electrons. The highest BCUT2D eigenvalue weighted by Gasteiger charge is 2.28. The maximum Gasteiger partial charge on any atom is 0.230 e. The summed E-state index contributed by atoms with van der Waals surface area (Å²) in [5, 5.41) is 9.86. The highest BCUT2D eigenvalue weighted by molar-refractivity contribution is 5.94. The monoisotopic (exact) mass is 396 g/mol. The third-order valence-electron chi connectivity index (χ3n) is 4.91. The van der Waals surface area contributed by atoms with E-state index >= 15 is 0 Å². The minimum atomic E-state index is -0.172. The van der Waals surface area contributed by atoms with Gasteiger partial charge in [-0.3, -0.25) is 14.9 Å². The Balaban J connectivity index is 1.80. The van der Waals surface area contributed by atoms with Crippen LogP contribution in [0.1, 0.15) is 52.1 Å². The molecule has 0 aromatic carbocycles. The summed E-state index contributed by atoms with van der Waals surface area (Å²) in [5.41, 5.74) is 1.38. The van der Waals surface area contributed by atoms with Gasteiger partial charge < -0.3 is 10.6 Å². The van der Waals surface area contributed by atoms with Crippen molar-refractivity contribution in [1.82, 2.24) is 20.3 Å². The minimum Gasteiger partial charge on any atom is -0.366 e. The molecule has 2 atom stereocenters. The van der Waals surface area contributed by atoms with Crippen LogP contribution in [0.4, 0.5) is 11.8 Å². The zero-order valence-corrected chi connectivity index (χ0v) is 17.2. The number of rotatable bonds is 6. The Kier molecular flexibility index (Phi) is 6.41. The second kappa shape index (κ2) is 8.98. The van der Waals surface area contributed by atoms with E-state index in [1.165, 1.54) is 6.92 Å². The lowest BCUT2D eigenvalue weighted by molar-refractivity contribution is -0.123. The number of hydrogen-bond acceptors (Lipinski definition) is 6. The summed E-state index contributed by atoms with van der Waals surface area (Å²) in [7, 11) is 0. The number of fused-ring (bicyclic) bond motifs is 1. The molecule has 0 unspecified atom stereocenters. The average Bonchev–Trinajstić information content (AvgIpc) is 2.67. The SMILES string of the molecule is C=Cc1cc2cnc(NC(=O)[C@H]3CCC[C@@H](NC(C)=O)C3)nc2c(NC(C)C)n1. The number of aromatic nitrogens is 3. The van der Waals surface area contributed by atoms with Gasteiger partial charge in [-0.2, -0.15) is 0 Å². The molecule has 1 saturated carbocycles. The van der Waals surface area contributed by atoms with Crippen LogP contribution >= 0.6 is 0 Å². The quantitative estimate of drug-likeness (QED) is 0.692. The van der Waals surface area contributed by atoms with Crippen LogP contribution in [0.15, 0.2) is 18.8 Å². The molecule has 2 aromatic rings. The fourth-order valence-corrected chi connectivity index (χ4v) is 3.66. The largest absolute Gasteiger partial charge is 0.366 e. The molecule has 0 saturated heterocycles. The summed E-state index contributed by atoms with van der Waals surface area (Å²) in [4.78, 5) is 37.4. The molecule has 8 heteroatoms. The van der Waals surface area contributed by atoms with Crippen LogP contribution in [0.25, 0.3) is 17.0 Å². The molecule has 2 amide bonds. The Morgan fingerprint density at radius 1 is 1.28 bits per heavy atom. The molecule has 3 N–H and O–H groups in total. The third kappa shape index (κ3) is 5.28. The summed E-state index contributed by atoms with van der Waals surface area (Å²) in [6.45, 7) is 9.32. The topological polar surface area (TPSA) is 109 Å². The standard InChI is InChI=1S/C21H28N6O2/c1-5-16-10-15-11-22-21(26-18(15)19(25-16)23-12(2)3)27-20(29)14-7-6-8-17(9-14)24-13(4)28/h5,10-12,14,17H,1,6-9H2,2-4H3,(H,23,25)(H,24,28)(H,22,26,27,29)/t14-,17+/m0/s1. The summed E-state index contributed by atoms with van der Waals surface area (Å²) < 4.78 is 0. The van der Waals surface area contributed by atoms with Gasteiger partial charge in [-0.05, 0) is 45.3 Å². The van der Waals surface area contributed by atoms with E-state index in [2.05, 4.69) is 37.5 Å². The Morgan fingerprint density at radius 2 is 2.07 bits per heavy atom. The van der Waals surface area contributed by atoms with Crippen LogP contribution in [0.2, 0.25) is 0 Å². The van der Waals surface area contributed by atoms with Gasteiger partial charge in [0, 0.05) is 36.5 Å². The third-order valence-corrected chi connectivity index (χ3v) is 4.91. The number of carbonyl (C=O) groups is 2. The maximum absolute atomic E-state index is 12.7. The second-order valence-electron chi connectivity index (χ2n) is 7.78. The van der Waals surface area contributed by atoms with Crippen LogP contribution in [-0.4, -0.2) is 38.8 Å². The number of anilines is 2. The van der Waals surface area contributed by atoms with E-state index in [1.54, 1.807) is 12.3 Å². The first kappa shape index (κ1) is 20.7. The van der Waals surface area contributed by atoms with Crippen molar-refractivity contribution in [2.75, 3.05) is 10.6 Å². The summed E-state index contributed by atoms with van der Waals surface area (Å²) in [6.07, 6.45) is 6.58. The van der Waals surface area contributed by atoms with E-state index in [0.29, 0.717) is 17.8 Å². The lowest BCUT2D eigenvalue weighted by Gasteiger charge is -2.28. The van der Waals surface area contributed by atoms with Crippen molar-refractivity contribution in [3.05, 3.63) is 24.5 Å². The van der Waals surface area contributed by atoms with Gasteiger partial charge in [-0.25, -0.2) is 15.0 Å². The Morgan fingerprint density at radius 3 is 2.76 bits per heavy atom. The number of pyridine rings is 1. The Hall–Kier alpha value is -3.03. The predicted molar refractivity (Wildman–Crippen MR) is 114 cm³/mol. The lowest BCUT2D eigenvalue weighted by Crippen LogP contribution is -2.40. The summed E-state index contributed by atoms with van der Waals surface area (Å²) in [6, 6.07) is 2.07. The zero-order valence-electron chi connectivity index (χ0n) is 17.2. The molecule has 8 nitrogen and oxygen atoms in total. The van der Waals surface area contributed by atoms with E-state index < -0.39 is 0 Å². The summed E-state index contributed by atoms with van der Waals surface area (Å²) in [5.74, 6) is 0.533. The molecule has 3 rings (SSSR count). The maximum atomic E-state index is 12.7. The van der Waals surface area contributed by atoms with Gasteiger partial charge >= 0.3 is 0 Å². The van der Waals surface area contributed by atoms with Gasteiger partial charge in [-0.15, -0.1) is 0 Å². The Bertz CT molecular complexity index is 927. The van der Waals surface area contributed by atoms with Crippen molar-refractivity contribution in [3.63, 3.8) is 0 Å². The molecular weight excluding hydrogens is 368 g/mol. The van der Waals surface area contributed by atoms with E-state index in [4.69, 9.17) is 0 Å². The van der Waals surface area contributed by atoms with Crippen LogP contribution in [0, 0.1) is 5.92 Å². The first-order valence-electron chi connectivity index (χ1n) is 10.0. The molecule has 0 bridgehead atoms. The van der Waals surface area contributed by atoms with Crippen LogP contribution in [0.5, 0.6) is 0 Å². The fraction of sp³-hybridized carbons (Fsp3) is 0.476. The van der Waals surface area contributed by atoms with Crippen LogP contribution in [0.3, 0.4) is 0 Å². The fourth-order valence-electron chi connectivity index (χ4n) is 3.66. The first-order chi connectivity index (χ1) is 13.9. The smallest absolute Gasteiger partial charge is 0.230 e. The van der Waals surface area contributed by atoms with Crippen molar-refractivity contribution in [2.45, 2.75) is 58.5 Å². The highest BCUT2D eigenvalue weighted by Crippen LogP contribution is 2.26. The van der Waals surface area contributed by atoms with Gasteiger partial charge in [0.25, 0.3) is 0 Å². The molecule has 0 spiro atoms. The van der Waals surface area contributed by atoms with E-state index in [0.717, 1.165) is 30.3 Å². The number of nitrogens with zero attached hydrogens (tertiary/aromatic N) is 3. The van der Waals surface area contributed by atoms with E-state index in [9.17, 15) is 9.59 Å². The molecular formula is C21H28N6O2. The van der Waals surface area contributed by atoms with E-state index in [1.807, 2.05) is 19.9 Å². The van der Waals surface area contributed by atoms with Crippen molar-refractivity contribution in [1.29, 1.82) is 0 Å². The van der Waals surface area contributed by atoms with Gasteiger partial charge in [0.05, 0.1) is 5.69 Å². The molecule has 2 aromatic heterocycles. The zero-order chi connectivity index (χ0) is 21.0. The minimum absolute atomic E-state index is 0.0397. The number of nitrogens with one attached hydrogen (secondary N) is 3. The van der Waals surface area contributed by atoms with Crippen molar-refractivity contribution >= 4 is 40.6 Å². The van der Waals surface area contributed by atoms with Crippen molar-refractivity contribution in [2.24, 2.45) is 5.92 Å². The molecule has 1 fully saturated rings. The van der Waals surface area contributed by atoms with Gasteiger partial charge in [0.2, 0.25) is 17.8 Å². The molecule has 0 aliphatic heterocycles. The normalized spacial score (nSPS) is 19.0. The van der Waals surface area contributed by atoms with Gasteiger partial charge in [0.15, 0.2) is 5.82 Å². The molecule has 2 heterocycles. The Labute approximate surface area is 170 Å². The number of carbonyl (C=O) groups excluding carboxylic acids is 2. The second-order valence-corrected chi connectivity index (χ2v) is 7.78. The highest BCUT2D eigenvalue weighted by atomic mass is 16.2. The number of amides is 2. The molecule has 1 aliphatic rings. The molecule has 154 valence electrons. The van der Waals surface area contributed by atoms with E-state index in [-0.39, 0.29) is 35.8 Å². The number of hydrogen-bond donors (Lipinski definition) is 3. The van der Waals surface area contributed by atoms with Crippen molar-refractivity contribution in [3.8, 4) is 0 Å². The van der Waals surface area contributed by atoms with Crippen LogP contribution in [-0.2, 0) is 9.59 Å². The van der Waals surface area contributed by atoms with Crippen molar-refractivity contribution < 1.29 is 9.59 Å². The van der Waals surface area contributed by atoms with Crippen LogP contribution < -0.4 is 16.0 Å². The molecule has 1 aliphatic carbocycles. The summed E-state index contributed by atoms with van der Waals surface area (Å²) >= 11 is 0. The predicted octanol–water partition coefficient (Wildman–Crippen LogP) is 3.12. The first-order valence-corrected chi connectivity index (χ1v) is 10.0. The average molecular weight is 396 g/mol.